The van der Waals surface area contributed by atoms with Gasteiger partial charge in [-0.25, -0.2) is 5.01 Å². The fourth-order valence-electron chi connectivity index (χ4n) is 2.82. The van der Waals surface area contributed by atoms with Crippen molar-refractivity contribution in [1.29, 1.82) is 0 Å². The Morgan fingerprint density at radius 2 is 1.85 bits per heavy atom. The monoisotopic (exact) mass is 374 g/mol. The number of nitro benzene ring substituents is 1. The molecule has 1 aliphatic rings. The third kappa shape index (κ3) is 3.14. The molecule has 0 aromatic heterocycles. The van der Waals surface area contributed by atoms with Crippen molar-refractivity contribution in [3.8, 4) is 11.5 Å². The molecule has 1 saturated heterocycles. The summed E-state index contributed by atoms with van der Waals surface area (Å²) in [5, 5.41) is 16.2. The Morgan fingerprint density at radius 3 is 2.42 bits per heavy atom. The van der Waals surface area contributed by atoms with Gasteiger partial charge < -0.3 is 14.8 Å². The van der Waals surface area contributed by atoms with Gasteiger partial charge in [0.15, 0.2) is 5.11 Å². The fraction of sp³-hybridized carbons (Fsp3) is 0.235. The van der Waals surface area contributed by atoms with E-state index >= 15 is 0 Å². The molecule has 136 valence electrons. The van der Waals surface area contributed by atoms with E-state index in [1.54, 1.807) is 37.4 Å². The predicted molar refractivity (Wildman–Crippen MR) is 101 cm³/mol. The van der Waals surface area contributed by atoms with E-state index < -0.39 is 10.6 Å². The van der Waals surface area contributed by atoms with Crippen LogP contribution in [0.1, 0.15) is 12.5 Å². The van der Waals surface area contributed by atoms with E-state index in [1.165, 1.54) is 12.1 Å². The predicted octanol–water partition coefficient (Wildman–Crippen LogP) is 2.68. The van der Waals surface area contributed by atoms with Gasteiger partial charge in [0.25, 0.3) is 5.69 Å². The van der Waals surface area contributed by atoms with Crippen molar-refractivity contribution in [3.05, 3.63) is 58.1 Å². The molecule has 0 amide bonds. The van der Waals surface area contributed by atoms with Crippen molar-refractivity contribution < 1.29 is 14.4 Å². The molecule has 0 radical (unpaired) electrons. The van der Waals surface area contributed by atoms with E-state index in [9.17, 15) is 10.1 Å². The lowest BCUT2D eigenvalue weighted by Crippen LogP contribution is -2.46. The Kier molecular flexibility index (Phi) is 4.66. The van der Waals surface area contributed by atoms with Gasteiger partial charge in [0.05, 0.1) is 24.8 Å². The number of nitrogens with one attached hydrogen (secondary N) is 2. The standard InChI is InChI=1S/C17H18N4O4S/c1-17(14-9-8-13(24-2)10-15(14)25-3)18-16(26)20(19-17)11-4-6-12(7-5-11)21(22)23/h4-10,19H,1-3H3,(H,18,26)/t17-/m1/s1. The van der Waals surface area contributed by atoms with Crippen LogP contribution in [0.2, 0.25) is 0 Å². The average molecular weight is 374 g/mol. The first-order valence-corrected chi connectivity index (χ1v) is 8.16. The molecular weight excluding hydrogens is 356 g/mol. The highest BCUT2D eigenvalue weighted by molar-refractivity contribution is 7.80. The number of hydrazine groups is 1. The Hall–Kier alpha value is -2.91. The number of ether oxygens (including phenoxy) is 2. The van der Waals surface area contributed by atoms with Gasteiger partial charge in [0.2, 0.25) is 0 Å². The summed E-state index contributed by atoms with van der Waals surface area (Å²) in [6.45, 7) is 1.93. The van der Waals surface area contributed by atoms with Crippen LogP contribution in [0.3, 0.4) is 0 Å². The summed E-state index contributed by atoms with van der Waals surface area (Å²) in [5.74, 6) is 1.32. The summed E-state index contributed by atoms with van der Waals surface area (Å²) in [6, 6.07) is 11.7. The first-order valence-electron chi connectivity index (χ1n) is 7.75. The van der Waals surface area contributed by atoms with Crippen LogP contribution in [-0.2, 0) is 5.66 Å². The molecule has 1 heterocycles. The van der Waals surface area contributed by atoms with Crippen LogP contribution in [0.15, 0.2) is 42.5 Å². The summed E-state index contributed by atoms with van der Waals surface area (Å²) in [4.78, 5) is 10.4. The smallest absolute Gasteiger partial charge is 0.269 e. The summed E-state index contributed by atoms with van der Waals surface area (Å²) < 4.78 is 10.7. The van der Waals surface area contributed by atoms with Crippen LogP contribution < -0.4 is 25.2 Å². The van der Waals surface area contributed by atoms with Gasteiger partial charge in [-0.3, -0.25) is 10.1 Å². The number of nitro groups is 1. The third-order valence-electron chi connectivity index (χ3n) is 4.16. The molecule has 3 rings (SSSR count). The molecule has 0 spiro atoms. The second-order valence-electron chi connectivity index (χ2n) is 5.84. The number of hydrogen-bond acceptors (Lipinski definition) is 6. The van der Waals surface area contributed by atoms with E-state index in [2.05, 4.69) is 10.7 Å². The minimum Gasteiger partial charge on any atom is -0.497 e. The molecule has 9 heteroatoms. The maximum Gasteiger partial charge on any atom is 0.269 e. The molecule has 1 fully saturated rings. The van der Waals surface area contributed by atoms with Crippen molar-refractivity contribution in [3.63, 3.8) is 0 Å². The van der Waals surface area contributed by atoms with Gasteiger partial charge in [-0.05, 0) is 43.4 Å². The van der Waals surface area contributed by atoms with Crippen LogP contribution in [0.25, 0.3) is 0 Å². The van der Waals surface area contributed by atoms with Crippen LogP contribution >= 0.6 is 12.2 Å². The largest absolute Gasteiger partial charge is 0.497 e. The average Bonchev–Trinajstić information content (AvgIpc) is 2.96. The first-order chi connectivity index (χ1) is 12.4. The van der Waals surface area contributed by atoms with Crippen LogP contribution in [0.4, 0.5) is 11.4 Å². The van der Waals surface area contributed by atoms with Crippen molar-refractivity contribution >= 4 is 28.7 Å². The van der Waals surface area contributed by atoms with Crippen molar-refractivity contribution in [1.82, 2.24) is 10.7 Å². The molecule has 0 unspecified atom stereocenters. The number of non-ortho nitro benzene ring substituents is 1. The van der Waals surface area contributed by atoms with E-state index in [0.717, 1.165) is 5.56 Å². The zero-order chi connectivity index (χ0) is 18.9. The Balaban J connectivity index is 1.92. The molecule has 8 nitrogen and oxygen atoms in total. The fourth-order valence-corrected chi connectivity index (χ4v) is 3.17. The number of thiocarbonyl (C=S) groups is 1. The van der Waals surface area contributed by atoms with E-state index in [1.807, 2.05) is 19.1 Å². The number of benzene rings is 2. The topological polar surface area (TPSA) is 88.9 Å². The molecule has 1 aliphatic heterocycles. The van der Waals surface area contributed by atoms with Crippen LogP contribution in [0, 0.1) is 10.1 Å². The zero-order valence-electron chi connectivity index (χ0n) is 14.5. The van der Waals surface area contributed by atoms with Gasteiger partial charge in [0, 0.05) is 23.8 Å². The van der Waals surface area contributed by atoms with Gasteiger partial charge in [-0.15, -0.1) is 0 Å². The summed E-state index contributed by atoms with van der Waals surface area (Å²) in [5.41, 5.74) is 4.12. The molecule has 0 aliphatic carbocycles. The molecular formula is C17H18N4O4S. The summed E-state index contributed by atoms with van der Waals surface area (Å²) >= 11 is 5.44. The lowest BCUT2D eigenvalue weighted by atomic mass is 10.0. The number of anilines is 1. The van der Waals surface area contributed by atoms with Gasteiger partial charge in [0.1, 0.15) is 17.2 Å². The van der Waals surface area contributed by atoms with Crippen molar-refractivity contribution in [2.24, 2.45) is 0 Å². The molecule has 0 saturated carbocycles. The quantitative estimate of drug-likeness (QED) is 0.469. The zero-order valence-corrected chi connectivity index (χ0v) is 15.3. The highest BCUT2D eigenvalue weighted by Gasteiger charge is 2.40. The first kappa shape index (κ1) is 17.9. The molecule has 2 aromatic carbocycles. The minimum absolute atomic E-state index is 0.0198. The normalized spacial score (nSPS) is 19.2. The lowest BCUT2D eigenvalue weighted by Gasteiger charge is -2.27. The maximum absolute atomic E-state index is 10.8. The van der Waals surface area contributed by atoms with Crippen molar-refractivity contribution in [2.45, 2.75) is 12.6 Å². The molecule has 0 bridgehead atoms. The van der Waals surface area contributed by atoms with E-state index in [0.29, 0.717) is 22.3 Å². The van der Waals surface area contributed by atoms with Crippen molar-refractivity contribution in [2.75, 3.05) is 19.2 Å². The Bertz CT molecular complexity index is 858. The third-order valence-corrected chi connectivity index (χ3v) is 4.45. The highest BCUT2D eigenvalue weighted by Crippen LogP contribution is 2.35. The van der Waals surface area contributed by atoms with E-state index in [4.69, 9.17) is 21.7 Å². The summed E-state index contributed by atoms with van der Waals surface area (Å²) in [6.07, 6.45) is 0. The second kappa shape index (κ2) is 6.77. The highest BCUT2D eigenvalue weighted by atomic mass is 32.1. The number of methoxy groups -OCH3 is 2. The SMILES string of the molecule is COc1ccc([C@]2(C)NC(=S)N(c3ccc([N+](=O)[O-])cc3)N2)c(OC)c1. The molecule has 26 heavy (non-hydrogen) atoms. The van der Waals surface area contributed by atoms with Gasteiger partial charge in [-0.1, -0.05) is 0 Å². The van der Waals surface area contributed by atoms with E-state index in [-0.39, 0.29) is 5.69 Å². The number of hydrogen-bond donors (Lipinski definition) is 2. The molecule has 2 aromatic rings. The Labute approximate surface area is 155 Å². The maximum atomic E-state index is 10.8. The number of rotatable bonds is 5. The second-order valence-corrected chi connectivity index (χ2v) is 6.23. The van der Waals surface area contributed by atoms with Gasteiger partial charge >= 0.3 is 0 Å². The molecule has 1 atom stereocenters. The van der Waals surface area contributed by atoms with Gasteiger partial charge in [-0.2, -0.15) is 5.43 Å². The lowest BCUT2D eigenvalue weighted by molar-refractivity contribution is -0.384. The van der Waals surface area contributed by atoms with Crippen LogP contribution in [0.5, 0.6) is 11.5 Å². The molecule has 2 N–H and O–H groups in total. The summed E-state index contributed by atoms with van der Waals surface area (Å²) in [7, 11) is 3.18. The minimum atomic E-state index is -0.726. The number of nitrogens with zero attached hydrogens (tertiary/aromatic N) is 2. The Morgan fingerprint density at radius 1 is 1.15 bits per heavy atom. The van der Waals surface area contributed by atoms with Crippen LogP contribution in [-0.4, -0.2) is 24.3 Å².